The summed E-state index contributed by atoms with van der Waals surface area (Å²) < 4.78 is 5.52. The average molecular weight is 257 g/mol. The van der Waals surface area contributed by atoms with Gasteiger partial charge in [0.2, 0.25) is 0 Å². The fraction of sp³-hybridized carbons (Fsp3) is 0.214. The zero-order valence-electron chi connectivity index (χ0n) is 10.7. The molecule has 2 rings (SSSR count). The lowest BCUT2D eigenvalue weighted by molar-refractivity contribution is 0.0941. The molecule has 0 radical (unpaired) electrons. The summed E-state index contributed by atoms with van der Waals surface area (Å²) in [5.41, 5.74) is 1.44. The van der Waals surface area contributed by atoms with Crippen LogP contribution in [0.3, 0.4) is 0 Å². The second-order valence-electron chi connectivity index (χ2n) is 4.01. The fourth-order valence-electron chi connectivity index (χ4n) is 1.55. The Morgan fingerprint density at radius 1 is 1.37 bits per heavy atom. The van der Waals surface area contributed by atoms with Crippen molar-refractivity contribution in [1.29, 1.82) is 0 Å². The quantitative estimate of drug-likeness (QED) is 0.826. The lowest BCUT2D eigenvalue weighted by Gasteiger charge is -2.07. The largest absolute Gasteiger partial charge is 0.492 e. The van der Waals surface area contributed by atoms with Crippen LogP contribution in [0.5, 0.6) is 5.75 Å². The van der Waals surface area contributed by atoms with Crippen LogP contribution in [0, 0.1) is 6.92 Å². The van der Waals surface area contributed by atoms with E-state index in [1.807, 2.05) is 31.2 Å². The Kier molecular flexibility index (Phi) is 4.44. The van der Waals surface area contributed by atoms with Gasteiger partial charge in [-0.1, -0.05) is 12.1 Å². The maximum Gasteiger partial charge on any atom is 0.271 e. The second-order valence-corrected chi connectivity index (χ2v) is 4.01. The molecule has 0 aliphatic rings. The van der Waals surface area contributed by atoms with E-state index in [0.717, 1.165) is 11.3 Å². The molecule has 0 saturated carbocycles. The topological polar surface area (TPSA) is 64.1 Å². The first kappa shape index (κ1) is 13.0. The van der Waals surface area contributed by atoms with Crippen molar-refractivity contribution >= 4 is 5.91 Å². The van der Waals surface area contributed by atoms with Gasteiger partial charge in [0.15, 0.2) is 0 Å². The third-order valence-corrected chi connectivity index (χ3v) is 2.44. The van der Waals surface area contributed by atoms with Crippen molar-refractivity contribution in [2.75, 3.05) is 13.2 Å². The van der Waals surface area contributed by atoms with Crippen molar-refractivity contribution in [3.63, 3.8) is 0 Å². The van der Waals surface area contributed by atoms with Gasteiger partial charge in [-0.3, -0.25) is 9.78 Å². The summed E-state index contributed by atoms with van der Waals surface area (Å²) in [5, 5.41) is 2.72. The number of ether oxygens (including phenoxy) is 1. The van der Waals surface area contributed by atoms with E-state index < -0.39 is 0 Å². The summed E-state index contributed by atoms with van der Waals surface area (Å²) >= 11 is 0. The standard InChI is InChI=1S/C14H15N3O2/c1-11-3-2-4-12(9-11)19-8-7-17-14(18)13-10-15-5-6-16-13/h2-6,9-10H,7-8H2,1H3,(H,17,18). The van der Waals surface area contributed by atoms with Crippen molar-refractivity contribution in [3.8, 4) is 5.75 Å². The minimum atomic E-state index is -0.249. The zero-order valence-corrected chi connectivity index (χ0v) is 10.7. The Morgan fingerprint density at radius 3 is 3.00 bits per heavy atom. The van der Waals surface area contributed by atoms with Crippen LogP contribution in [0.1, 0.15) is 16.1 Å². The molecule has 0 aliphatic heterocycles. The number of carbonyl (C=O) groups is 1. The van der Waals surface area contributed by atoms with Crippen LogP contribution in [-0.2, 0) is 0 Å². The highest BCUT2D eigenvalue weighted by Crippen LogP contribution is 2.11. The van der Waals surface area contributed by atoms with Crippen LogP contribution in [0.4, 0.5) is 0 Å². The highest BCUT2D eigenvalue weighted by molar-refractivity contribution is 5.91. The molecule has 0 unspecified atom stereocenters. The molecule has 0 fully saturated rings. The zero-order chi connectivity index (χ0) is 13.5. The highest BCUT2D eigenvalue weighted by atomic mass is 16.5. The van der Waals surface area contributed by atoms with Crippen LogP contribution in [-0.4, -0.2) is 29.0 Å². The number of hydrogen-bond acceptors (Lipinski definition) is 4. The first-order valence-corrected chi connectivity index (χ1v) is 5.99. The molecule has 98 valence electrons. The second kappa shape index (κ2) is 6.49. The monoisotopic (exact) mass is 257 g/mol. The summed E-state index contributed by atoms with van der Waals surface area (Å²) in [6, 6.07) is 7.77. The van der Waals surface area contributed by atoms with E-state index in [1.165, 1.54) is 18.6 Å². The smallest absolute Gasteiger partial charge is 0.271 e. The molecular formula is C14H15N3O2. The van der Waals surface area contributed by atoms with Crippen molar-refractivity contribution in [2.24, 2.45) is 0 Å². The molecule has 1 aromatic carbocycles. The van der Waals surface area contributed by atoms with Gasteiger partial charge < -0.3 is 10.1 Å². The van der Waals surface area contributed by atoms with Crippen molar-refractivity contribution in [3.05, 3.63) is 54.1 Å². The number of amides is 1. The van der Waals surface area contributed by atoms with Gasteiger partial charge in [-0.2, -0.15) is 0 Å². The van der Waals surface area contributed by atoms with E-state index in [4.69, 9.17) is 4.74 Å². The number of hydrogen-bond donors (Lipinski definition) is 1. The molecule has 0 bridgehead atoms. The lowest BCUT2D eigenvalue weighted by atomic mass is 10.2. The van der Waals surface area contributed by atoms with E-state index in [1.54, 1.807) is 0 Å². The van der Waals surface area contributed by atoms with Crippen molar-refractivity contribution < 1.29 is 9.53 Å². The van der Waals surface area contributed by atoms with E-state index in [9.17, 15) is 4.79 Å². The average Bonchev–Trinajstić information content (AvgIpc) is 2.44. The van der Waals surface area contributed by atoms with Gasteiger partial charge >= 0.3 is 0 Å². The minimum absolute atomic E-state index is 0.249. The summed E-state index contributed by atoms with van der Waals surface area (Å²) in [7, 11) is 0. The summed E-state index contributed by atoms with van der Waals surface area (Å²) in [4.78, 5) is 19.4. The summed E-state index contributed by atoms with van der Waals surface area (Å²) in [6.07, 6.45) is 4.44. The van der Waals surface area contributed by atoms with Crippen LogP contribution in [0.25, 0.3) is 0 Å². The van der Waals surface area contributed by atoms with Gasteiger partial charge in [0.1, 0.15) is 18.1 Å². The number of aromatic nitrogens is 2. The molecule has 0 saturated heterocycles. The van der Waals surface area contributed by atoms with E-state index >= 15 is 0 Å². The number of carbonyl (C=O) groups excluding carboxylic acids is 1. The predicted octanol–water partition coefficient (Wildman–Crippen LogP) is 1.59. The van der Waals surface area contributed by atoms with Gasteiger partial charge in [-0.05, 0) is 24.6 Å². The Labute approximate surface area is 111 Å². The summed E-state index contributed by atoms with van der Waals surface area (Å²) in [5.74, 6) is 0.551. The SMILES string of the molecule is Cc1cccc(OCCNC(=O)c2cnccn2)c1. The molecular weight excluding hydrogens is 242 g/mol. The molecule has 1 amide bonds. The van der Waals surface area contributed by atoms with Crippen LogP contribution < -0.4 is 10.1 Å². The third-order valence-electron chi connectivity index (χ3n) is 2.44. The molecule has 0 spiro atoms. The Hall–Kier alpha value is -2.43. The first-order valence-electron chi connectivity index (χ1n) is 5.99. The number of rotatable bonds is 5. The lowest BCUT2D eigenvalue weighted by Crippen LogP contribution is -2.28. The minimum Gasteiger partial charge on any atom is -0.492 e. The van der Waals surface area contributed by atoms with Gasteiger partial charge in [-0.15, -0.1) is 0 Å². The number of aryl methyl sites for hydroxylation is 1. The maximum absolute atomic E-state index is 11.6. The highest BCUT2D eigenvalue weighted by Gasteiger charge is 2.05. The number of benzene rings is 1. The van der Waals surface area contributed by atoms with Gasteiger partial charge in [-0.25, -0.2) is 4.98 Å². The molecule has 1 aromatic heterocycles. The Morgan fingerprint density at radius 2 is 2.26 bits per heavy atom. The van der Waals surface area contributed by atoms with Gasteiger partial charge in [0, 0.05) is 12.4 Å². The van der Waals surface area contributed by atoms with E-state index in [0.29, 0.717) is 18.8 Å². The Balaban J connectivity index is 1.74. The third kappa shape index (κ3) is 4.06. The van der Waals surface area contributed by atoms with Gasteiger partial charge in [0.05, 0.1) is 12.7 Å². The van der Waals surface area contributed by atoms with Gasteiger partial charge in [0.25, 0.3) is 5.91 Å². The van der Waals surface area contributed by atoms with E-state index in [2.05, 4.69) is 15.3 Å². The normalized spacial score (nSPS) is 9.95. The first-order chi connectivity index (χ1) is 9.25. The van der Waals surface area contributed by atoms with Crippen LogP contribution in [0.2, 0.25) is 0 Å². The van der Waals surface area contributed by atoms with Crippen molar-refractivity contribution in [1.82, 2.24) is 15.3 Å². The molecule has 0 atom stereocenters. The molecule has 1 heterocycles. The number of nitrogens with zero attached hydrogens (tertiary/aromatic N) is 2. The molecule has 2 aromatic rings. The Bertz CT molecular complexity index is 543. The molecule has 5 heteroatoms. The predicted molar refractivity (Wildman–Crippen MR) is 71.0 cm³/mol. The van der Waals surface area contributed by atoms with Crippen LogP contribution >= 0.6 is 0 Å². The van der Waals surface area contributed by atoms with Crippen molar-refractivity contribution in [2.45, 2.75) is 6.92 Å². The molecule has 0 aliphatic carbocycles. The van der Waals surface area contributed by atoms with Crippen LogP contribution in [0.15, 0.2) is 42.9 Å². The maximum atomic E-state index is 11.6. The molecule has 19 heavy (non-hydrogen) atoms. The number of nitrogens with one attached hydrogen (secondary N) is 1. The molecule has 5 nitrogen and oxygen atoms in total. The van der Waals surface area contributed by atoms with E-state index in [-0.39, 0.29) is 5.91 Å². The fourth-order valence-corrected chi connectivity index (χ4v) is 1.55. The molecule has 1 N–H and O–H groups in total. The summed E-state index contributed by atoms with van der Waals surface area (Å²) in [6.45, 7) is 2.83.